The summed E-state index contributed by atoms with van der Waals surface area (Å²) in [6, 6.07) is 0. The van der Waals surface area contributed by atoms with Gasteiger partial charge in [0.1, 0.15) is 0 Å². The maximum absolute atomic E-state index is 2.28. The van der Waals surface area contributed by atoms with E-state index >= 15 is 0 Å². The topological polar surface area (TPSA) is 3.24 Å². The number of hydrogen-bond acceptors (Lipinski definition) is 1. The molecule has 0 fully saturated rings. The predicted molar refractivity (Wildman–Crippen MR) is 78.8 cm³/mol. The maximum atomic E-state index is 2.28. The zero-order valence-corrected chi connectivity index (χ0v) is 15.5. The standard InChI is InChI=1S/C14H31N.ClH.Na.H/c1-4-5-6-7-8-9-10-11-12-13-14-15(2)3;;;/h4-14H2,1-3H3;1H;;/q;;+1;-1. The Morgan fingerprint density at radius 1 is 0.706 bits per heavy atom. The van der Waals surface area contributed by atoms with E-state index < -0.39 is 0 Å². The molecular weight excluding hydrogens is 241 g/mol. The van der Waals surface area contributed by atoms with Crippen molar-refractivity contribution in [2.45, 2.75) is 71.1 Å². The van der Waals surface area contributed by atoms with E-state index in [9.17, 15) is 0 Å². The Bertz CT molecular complexity index is 126. The van der Waals surface area contributed by atoms with Crippen LogP contribution < -0.4 is 29.6 Å². The van der Waals surface area contributed by atoms with E-state index in [0.717, 1.165) is 0 Å². The summed E-state index contributed by atoms with van der Waals surface area (Å²) in [5, 5.41) is 0. The molecule has 0 rings (SSSR count). The molecule has 0 aliphatic carbocycles. The van der Waals surface area contributed by atoms with Gasteiger partial charge in [0.15, 0.2) is 0 Å². The summed E-state index contributed by atoms with van der Waals surface area (Å²) in [5.74, 6) is 0. The molecule has 0 saturated heterocycles. The zero-order chi connectivity index (χ0) is 11.4. The molecule has 0 bridgehead atoms. The summed E-state index contributed by atoms with van der Waals surface area (Å²) >= 11 is 0. The average Bonchev–Trinajstić information content (AvgIpc) is 2.20. The third-order valence-electron chi connectivity index (χ3n) is 2.96. The maximum Gasteiger partial charge on any atom is 1.00 e. The second-order valence-electron chi connectivity index (χ2n) is 4.99. The van der Waals surface area contributed by atoms with Crippen molar-refractivity contribution < 1.29 is 31.0 Å². The van der Waals surface area contributed by atoms with Gasteiger partial charge < -0.3 is 6.33 Å². The normalized spacial score (nSPS) is 9.88. The number of halogens is 1. The van der Waals surface area contributed by atoms with Crippen LogP contribution in [0.2, 0.25) is 0 Å². The van der Waals surface area contributed by atoms with Crippen LogP contribution in [0.15, 0.2) is 0 Å². The first-order valence-electron chi connectivity index (χ1n) is 6.92. The van der Waals surface area contributed by atoms with E-state index in [-0.39, 0.29) is 43.4 Å². The van der Waals surface area contributed by atoms with Gasteiger partial charge in [-0.15, -0.1) is 12.4 Å². The monoisotopic (exact) mass is 273 g/mol. The molecule has 17 heavy (non-hydrogen) atoms. The first kappa shape index (κ1) is 23.4. The number of nitrogens with zero attached hydrogens (tertiary/aromatic N) is 1. The molecule has 0 aromatic rings. The number of hydrogen-bond donors (Lipinski definition) is 0. The van der Waals surface area contributed by atoms with E-state index in [4.69, 9.17) is 0 Å². The molecule has 102 valence electrons. The van der Waals surface area contributed by atoms with Gasteiger partial charge in [0, 0.05) is 0 Å². The van der Waals surface area contributed by atoms with Crippen LogP contribution in [0, 0.1) is 0 Å². The van der Waals surface area contributed by atoms with Gasteiger partial charge in [-0.1, -0.05) is 64.7 Å². The van der Waals surface area contributed by atoms with Crippen LogP contribution in [-0.4, -0.2) is 25.5 Å². The Labute approximate surface area is 139 Å². The molecule has 0 aliphatic rings. The fraction of sp³-hybridized carbons (Fsp3) is 1.00. The van der Waals surface area contributed by atoms with E-state index in [1.54, 1.807) is 0 Å². The van der Waals surface area contributed by atoms with Gasteiger partial charge in [0.05, 0.1) is 0 Å². The van der Waals surface area contributed by atoms with Crippen molar-refractivity contribution in [2.24, 2.45) is 0 Å². The van der Waals surface area contributed by atoms with Crippen LogP contribution in [0.4, 0.5) is 0 Å². The van der Waals surface area contributed by atoms with Crippen LogP contribution in [-0.2, 0) is 0 Å². The molecule has 0 N–H and O–H groups in total. The molecule has 0 aliphatic heterocycles. The van der Waals surface area contributed by atoms with E-state index in [1.807, 2.05) is 0 Å². The van der Waals surface area contributed by atoms with Crippen molar-refractivity contribution in [3.8, 4) is 0 Å². The summed E-state index contributed by atoms with van der Waals surface area (Å²) in [5.41, 5.74) is 0. The van der Waals surface area contributed by atoms with Crippen molar-refractivity contribution in [3.05, 3.63) is 0 Å². The van der Waals surface area contributed by atoms with Gasteiger partial charge in [-0.25, -0.2) is 0 Å². The van der Waals surface area contributed by atoms with Crippen LogP contribution in [0.3, 0.4) is 0 Å². The summed E-state index contributed by atoms with van der Waals surface area (Å²) < 4.78 is 0. The van der Waals surface area contributed by atoms with Crippen molar-refractivity contribution in [3.63, 3.8) is 0 Å². The molecular formula is C14H33ClNNa. The molecule has 0 atom stereocenters. The SMILES string of the molecule is CCCCCCCCCCCCN(C)C.Cl.[H-].[Na+]. The van der Waals surface area contributed by atoms with E-state index in [0.29, 0.717) is 0 Å². The summed E-state index contributed by atoms with van der Waals surface area (Å²) in [6.45, 7) is 3.54. The van der Waals surface area contributed by atoms with Crippen molar-refractivity contribution in [2.75, 3.05) is 20.6 Å². The predicted octanol–water partition coefficient (Wildman–Crippen LogP) is 2.01. The molecule has 0 unspecified atom stereocenters. The van der Waals surface area contributed by atoms with Gasteiger partial charge in [0.25, 0.3) is 0 Å². The second kappa shape index (κ2) is 19.6. The Morgan fingerprint density at radius 3 is 1.41 bits per heavy atom. The van der Waals surface area contributed by atoms with Crippen molar-refractivity contribution in [1.29, 1.82) is 0 Å². The summed E-state index contributed by atoms with van der Waals surface area (Å²) in [6.07, 6.45) is 14.4. The quantitative estimate of drug-likeness (QED) is 0.411. The summed E-state index contributed by atoms with van der Waals surface area (Å²) in [4.78, 5) is 2.28. The van der Waals surface area contributed by atoms with Crippen LogP contribution >= 0.6 is 12.4 Å². The molecule has 0 radical (unpaired) electrons. The first-order chi connectivity index (χ1) is 7.27. The molecule has 0 heterocycles. The summed E-state index contributed by atoms with van der Waals surface area (Å²) in [7, 11) is 4.32. The number of rotatable bonds is 11. The minimum absolute atomic E-state index is 0. The van der Waals surface area contributed by atoms with Gasteiger partial charge in [-0.3, -0.25) is 0 Å². The molecule has 0 spiro atoms. The van der Waals surface area contributed by atoms with Gasteiger partial charge in [-0.05, 0) is 27.1 Å². The van der Waals surface area contributed by atoms with Crippen molar-refractivity contribution >= 4 is 12.4 Å². The van der Waals surface area contributed by atoms with Crippen LogP contribution in [0.1, 0.15) is 72.6 Å². The molecule has 0 aromatic heterocycles. The molecule has 0 saturated carbocycles. The van der Waals surface area contributed by atoms with E-state index in [1.165, 1.54) is 70.8 Å². The largest absolute Gasteiger partial charge is 1.00 e. The smallest absolute Gasteiger partial charge is 1.00 e. The number of unbranched alkanes of at least 4 members (excludes halogenated alkanes) is 9. The van der Waals surface area contributed by atoms with E-state index in [2.05, 4.69) is 25.9 Å². The van der Waals surface area contributed by atoms with Gasteiger partial charge >= 0.3 is 29.6 Å². The first-order valence-corrected chi connectivity index (χ1v) is 6.92. The third-order valence-corrected chi connectivity index (χ3v) is 2.96. The van der Waals surface area contributed by atoms with Gasteiger partial charge in [-0.2, -0.15) is 0 Å². The fourth-order valence-corrected chi connectivity index (χ4v) is 1.92. The third kappa shape index (κ3) is 22.9. The minimum Gasteiger partial charge on any atom is -1.00 e. The fourth-order valence-electron chi connectivity index (χ4n) is 1.92. The zero-order valence-electron chi connectivity index (χ0n) is 13.6. The molecule has 0 aromatic carbocycles. The van der Waals surface area contributed by atoms with Crippen LogP contribution in [0.5, 0.6) is 0 Å². The Hall–Kier alpha value is 1.25. The minimum atomic E-state index is 0. The Kier molecular flexibility index (Phi) is 26.9. The Balaban J connectivity index is -0.000000327. The molecule has 3 heteroatoms. The van der Waals surface area contributed by atoms with Crippen LogP contribution in [0.25, 0.3) is 0 Å². The average molecular weight is 274 g/mol. The second-order valence-corrected chi connectivity index (χ2v) is 4.99. The van der Waals surface area contributed by atoms with Gasteiger partial charge in [0.2, 0.25) is 0 Å². The Morgan fingerprint density at radius 2 is 1.06 bits per heavy atom. The molecule has 1 nitrogen and oxygen atoms in total. The molecule has 0 amide bonds. The van der Waals surface area contributed by atoms with Crippen molar-refractivity contribution in [1.82, 2.24) is 4.90 Å².